The van der Waals surface area contributed by atoms with Crippen LogP contribution < -0.4 is 10.6 Å². The van der Waals surface area contributed by atoms with E-state index in [1.165, 1.54) is 24.0 Å². The van der Waals surface area contributed by atoms with Gasteiger partial charge in [-0.2, -0.15) is 0 Å². The van der Waals surface area contributed by atoms with Gasteiger partial charge in [0.15, 0.2) is 0 Å². The summed E-state index contributed by atoms with van der Waals surface area (Å²) in [6.45, 7) is 8.72. The molecule has 2 aliphatic rings. The summed E-state index contributed by atoms with van der Waals surface area (Å²) >= 11 is 0. The average Bonchev–Trinajstić information content (AvgIpc) is 2.60. The summed E-state index contributed by atoms with van der Waals surface area (Å²) in [5.74, 6) is 0.652. The SMILES string of the molecule is CC(C)CN1CCOC(CNC(=O)Nc2cccc3c2CCCC3)C1. The predicted molar refractivity (Wildman–Crippen MR) is 101 cm³/mol. The number of anilines is 1. The molecule has 1 saturated heterocycles. The van der Waals surface area contributed by atoms with Gasteiger partial charge in [0.25, 0.3) is 0 Å². The number of ether oxygens (including phenoxy) is 1. The number of morpholine rings is 1. The lowest BCUT2D eigenvalue weighted by molar-refractivity contribution is -0.0288. The summed E-state index contributed by atoms with van der Waals surface area (Å²) in [7, 11) is 0. The molecule has 1 heterocycles. The molecule has 1 fully saturated rings. The topological polar surface area (TPSA) is 53.6 Å². The van der Waals surface area contributed by atoms with E-state index in [0.29, 0.717) is 12.5 Å². The molecule has 0 spiro atoms. The number of carbonyl (C=O) groups is 1. The molecule has 0 aromatic heterocycles. The van der Waals surface area contributed by atoms with E-state index in [4.69, 9.17) is 4.74 Å². The van der Waals surface area contributed by atoms with Crippen molar-refractivity contribution >= 4 is 11.7 Å². The van der Waals surface area contributed by atoms with Gasteiger partial charge in [-0.15, -0.1) is 0 Å². The van der Waals surface area contributed by atoms with Crippen molar-refractivity contribution < 1.29 is 9.53 Å². The first-order chi connectivity index (χ1) is 12.1. The van der Waals surface area contributed by atoms with Crippen molar-refractivity contribution in [3.63, 3.8) is 0 Å². The lowest BCUT2D eigenvalue weighted by Crippen LogP contribution is -2.48. The molecule has 1 atom stereocenters. The fourth-order valence-corrected chi connectivity index (χ4v) is 3.86. The Hall–Kier alpha value is -1.59. The van der Waals surface area contributed by atoms with E-state index in [-0.39, 0.29) is 12.1 Å². The smallest absolute Gasteiger partial charge is 0.319 e. The number of hydrogen-bond acceptors (Lipinski definition) is 3. The van der Waals surface area contributed by atoms with Crippen LogP contribution in [0, 0.1) is 5.92 Å². The maximum atomic E-state index is 12.3. The molecule has 25 heavy (non-hydrogen) atoms. The van der Waals surface area contributed by atoms with Gasteiger partial charge in [0.05, 0.1) is 12.7 Å². The fraction of sp³-hybridized carbons (Fsp3) is 0.650. The van der Waals surface area contributed by atoms with Crippen molar-refractivity contribution in [1.29, 1.82) is 0 Å². The molecule has 3 rings (SSSR count). The normalized spacial score (nSPS) is 21.0. The zero-order chi connectivity index (χ0) is 17.6. The van der Waals surface area contributed by atoms with Crippen LogP contribution in [0.4, 0.5) is 10.5 Å². The lowest BCUT2D eigenvalue weighted by Gasteiger charge is -2.34. The highest BCUT2D eigenvalue weighted by molar-refractivity contribution is 5.90. The van der Waals surface area contributed by atoms with Crippen LogP contribution >= 0.6 is 0 Å². The molecule has 1 aromatic carbocycles. The van der Waals surface area contributed by atoms with Gasteiger partial charge in [-0.25, -0.2) is 4.79 Å². The second-order valence-corrected chi connectivity index (χ2v) is 7.63. The van der Waals surface area contributed by atoms with Crippen molar-refractivity contribution in [1.82, 2.24) is 10.2 Å². The second kappa shape index (κ2) is 8.68. The third-order valence-corrected chi connectivity index (χ3v) is 4.98. The Bertz CT molecular complexity index is 588. The molecule has 1 aliphatic heterocycles. The number of carbonyl (C=O) groups excluding carboxylic acids is 1. The van der Waals surface area contributed by atoms with Gasteiger partial charge >= 0.3 is 6.03 Å². The molecule has 5 heteroatoms. The monoisotopic (exact) mass is 345 g/mol. The zero-order valence-electron chi connectivity index (χ0n) is 15.5. The first kappa shape index (κ1) is 18.2. The second-order valence-electron chi connectivity index (χ2n) is 7.63. The molecule has 2 amide bonds. The van der Waals surface area contributed by atoms with Crippen LogP contribution in [0.5, 0.6) is 0 Å². The Kier molecular flexibility index (Phi) is 6.32. The minimum atomic E-state index is -0.136. The highest BCUT2D eigenvalue weighted by Crippen LogP contribution is 2.27. The van der Waals surface area contributed by atoms with E-state index in [1.54, 1.807) is 0 Å². The van der Waals surface area contributed by atoms with Gasteiger partial charge in [0.2, 0.25) is 0 Å². The summed E-state index contributed by atoms with van der Waals surface area (Å²) in [5, 5.41) is 6.01. The van der Waals surface area contributed by atoms with Crippen molar-refractivity contribution in [2.24, 2.45) is 5.92 Å². The fourth-order valence-electron chi connectivity index (χ4n) is 3.86. The number of amides is 2. The minimum absolute atomic E-state index is 0.0722. The number of rotatable bonds is 5. The van der Waals surface area contributed by atoms with Gasteiger partial charge in [0, 0.05) is 31.9 Å². The van der Waals surface area contributed by atoms with Crippen LogP contribution in [0.1, 0.15) is 37.8 Å². The zero-order valence-corrected chi connectivity index (χ0v) is 15.5. The van der Waals surface area contributed by atoms with Gasteiger partial charge in [-0.05, 0) is 48.8 Å². The standard InChI is InChI=1S/C20H31N3O2/c1-15(2)13-23-10-11-25-17(14-23)12-21-20(24)22-19-9-5-7-16-6-3-4-8-18(16)19/h5,7,9,15,17H,3-4,6,8,10-14H2,1-2H3,(H2,21,22,24). The quantitative estimate of drug-likeness (QED) is 0.862. The van der Waals surface area contributed by atoms with E-state index in [2.05, 4.69) is 35.4 Å². The number of fused-ring (bicyclic) bond motifs is 1. The molecule has 1 aliphatic carbocycles. The third-order valence-electron chi connectivity index (χ3n) is 4.98. The molecule has 1 unspecified atom stereocenters. The summed E-state index contributed by atoms with van der Waals surface area (Å²) < 4.78 is 5.80. The molecular weight excluding hydrogens is 314 g/mol. The average molecular weight is 345 g/mol. The molecular formula is C20H31N3O2. The van der Waals surface area contributed by atoms with Gasteiger partial charge < -0.3 is 15.4 Å². The lowest BCUT2D eigenvalue weighted by atomic mass is 9.90. The van der Waals surface area contributed by atoms with Crippen molar-refractivity contribution in [2.45, 2.75) is 45.6 Å². The Balaban J connectivity index is 1.48. The third kappa shape index (κ3) is 5.19. The molecule has 2 N–H and O–H groups in total. The Morgan fingerprint density at radius 3 is 3.00 bits per heavy atom. The minimum Gasteiger partial charge on any atom is -0.374 e. The van der Waals surface area contributed by atoms with Crippen LogP contribution in [-0.2, 0) is 17.6 Å². The highest BCUT2D eigenvalue weighted by Gasteiger charge is 2.21. The number of nitrogens with zero attached hydrogens (tertiary/aromatic N) is 1. The molecule has 1 aromatic rings. The molecule has 138 valence electrons. The number of benzene rings is 1. The first-order valence-corrected chi connectivity index (χ1v) is 9.61. The van der Waals surface area contributed by atoms with Gasteiger partial charge in [-0.3, -0.25) is 4.90 Å². The van der Waals surface area contributed by atoms with Crippen LogP contribution in [0.3, 0.4) is 0 Å². The largest absolute Gasteiger partial charge is 0.374 e. The predicted octanol–water partition coefficient (Wildman–Crippen LogP) is 3.04. The van der Waals surface area contributed by atoms with Crippen molar-refractivity contribution in [3.05, 3.63) is 29.3 Å². The van der Waals surface area contributed by atoms with E-state index in [0.717, 1.165) is 44.8 Å². The van der Waals surface area contributed by atoms with Crippen molar-refractivity contribution in [3.8, 4) is 0 Å². The Morgan fingerprint density at radius 2 is 2.16 bits per heavy atom. The van der Waals surface area contributed by atoms with Crippen LogP contribution in [0.2, 0.25) is 0 Å². The first-order valence-electron chi connectivity index (χ1n) is 9.61. The van der Waals surface area contributed by atoms with E-state index >= 15 is 0 Å². The number of aryl methyl sites for hydroxylation is 1. The van der Waals surface area contributed by atoms with E-state index in [1.807, 2.05) is 12.1 Å². The molecule has 5 nitrogen and oxygen atoms in total. The molecule has 0 bridgehead atoms. The molecule has 0 radical (unpaired) electrons. The Morgan fingerprint density at radius 1 is 1.32 bits per heavy atom. The van der Waals surface area contributed by atoms with Crippen LogP contribution in [0.25, 0.3) is 0 Å². The summed E-state index contributed by atoms with van der Waals surface area (Å²) in [6.07, 6.45) is 4.70. The summed E-state index contributed by atoms with van der Waals surface area (Å²) in [5.41, 5.74) is 3.64. The van der Waals surface area contributed by atoms with Gasteiger partial charge in [0.1, 0.15) is 0 Å². The van der Waals surface area contributed by atoms with Gasteiger partial charge in [-0.1, -0.05) is 26.0 Å². The van der Waals surface area contributed by atoms with E-state index < -0.39 is 0 Å². The molecule has 0 saturated carbocycles. The highest BCUT2D eigenvalue weighted by atomic mass is 16.5. The number of hydrogen-bond donors (Lipinski definition) is 2. The maximum Gasteiger partial charge on any atom is 0.319 e. The number of urea groups is 1. The van der Waals surface area contributed by atoms with Crippen LogP contribution in [-0.4, -0.2) is 49.8 Å². The summed E-state index contributed by atoms with van der Waals surface area (Å²) in [6, 6.07) is 6.08. The van der Waals surface area contributed by atoms with Crippen molar-refractivity contribution in [2.75, 3.05) is 38.1 Å². The van der Waals surface area contributed by atoms with Crippen LogP contribution in [0.15, 0.2) is 18.2 Å². The Labute approximate surface area is 151 Å². The van der Waals surface area contributed by atoms with E-state index in [9.17, 15) is 4.79 Å². The maximum absolute atomic E-state index is 12.3. The number of nitrogens with one attached hydrogen (secondary N) is 2. The summed E-state index contributed by atoms with van der Waals surface area (Å²) in [4.78, 5) is 14.7.